The lowest BCUT2D eigenvalue weighted by Crippen LogP contribution is -2.41. The van der Waals surface area contributed by atoms with Gasteiger partial charge in [0.15, 0.2) is 17.3 Å². The number of halogens is 8. The van der Waals surface area contributed by atoms with Crippen LogP contribution < -0.4 is 0 Å². The van der Waals surface area contributed by atoms with E-state index in [2.05, 4.69) is 10.2 Å². The first-order valence-electron chi connectivity index (χ1n) is 11.0. The predicted molar refractivity (Wildman–Crippen MR) is 108 cm³/mol. The van der Waals surface area contributed by atoms with Crippen LogP contribution in [0.25, 0.3) is 0 Å². The van der Waals surface area contributed by atoms with E-state index in [-0.39, 0.29) is 63.1 Å². The number of likely N-dealkylation sites (tertiary alicyclic amines) is 1. The number of alkyl halides is 6. The van der Waals surface area contributed by atoms with Crippen molar-refractivity contribution in [3.63, 3.8) is 0 Å². The lowest BCUT2D eigenvalue weighted by molar-refractivity contribution is -0.147. The molecule has 0 saturated carbocycles. The normalized spacial score (nSPS) is 21.0. The lowest BCUT2D eigenvalue weighted by atomic mass is 9.83. The number of carbonyl (C=O) groups is 1. The number of hydrogen-bond donors (Lipinski definition) is 1. The van der Waals surface area contributed by atoms with Gasteiger partial charge in [0.05, 0.1) is 17.8 Å². The number of carbonyl (C=O) groups excluding carboxylic acids is 1. The van der Waals surface area contributed by atoms with Crippen molar-refractivity contribution >= 4 is 5.91 Å². The summed E-state index contributed by atoms with van der Waals surface area (Å²) >= 11 is 0. The first kappa shape index (κ1) is 25.4. The summed E-state index contributed by atoms with van der Waals surface area (Å²) in [5.41, 5.74) is -0.876. The van der Waals surface area contributed by atoms with E-state index < -0.39 is 47.9 Å². The summed E-state index contributed by atoms with van der Waals surface area (Å²) in [6.07, 6.45) is -7.26. The van der Waals surface area contributed by atoms with Gasteiger partial charge in [-0.1, -0.05) is 6.08 Å². The maximum Gasteiger partial charge on any atom is 0.419 e. The summed E-state index contributed by atoms with van der Waals surface area (Å²) in [5, 5.41) is 6.63. The van der Waals surface area contributed by atoms with E-state index in [0.717, 1.165) is 6.08 Å². The largest absolute Gasteiger partial charge is 0.419 e. The van der Waals surface area contributed by atoms with Crippen LogP contribution in [0.5, 0.6) is 0 Å². The van der Waals surface area contributed by atoms with Crippen LogP contribution in [0.1, 0.15) is 41.0 Å². The summed E-state index contributed by atoms with van der Waals surface area (Å²) in [7, 11) is 0. The zero-order chi connectivity index (χ0) is 25.5. The zero-order valence-electron chi connectivity index (χ0n) is 18.4. The molecule has 1 N–H and O–H groups in total. The number of rotatable bonds is 3. The first-order valence-corrected chi connectivity index (χ1v) is 11.0. The molecule has 0 atom stereocenters. The molecule has 1 aliphatic carbocycles. The molecule has 0 aromatic carbocycles. The molecule has 13 heteroatoms. The Hall–Kier alpha value is -2.70. The van der Waals surface area contributed by atoms with E-state index in [4.69, 9.17) is 0 Å². The smallest absolute Gasteiger partial charge is 0.337 e. The minimum Gasteiger partial charge on any atom is -0.337 e. The van der Waals surface area contributed by atoms with Crippen molar-refractivity contribution in [3.05, 3.63) is 51.9 Å². The lowest BCUT2D eigenvalue weighted by Gasteiger charge is -2.34. The van der Waals surface area contributed by atoms with Crippen LogP contribution in [0.2, 0.25) is 0 Å². The number of fused-ring (bicyclic) bond motifs is 1. The molecular formula is C22H22F8N4O. The third kappa shape index (κ3) is 5.44. The van der Waals surface area contributed by atoms with Crippen LogP contribution in [0.3, 0.4) is 0 Å². The summed E-state index contributed by atoms with van der Waals surface area (Å²) in [5.74, 6) is -4.66. The van der Waals surface area contributed by atoms with Gasteiger partial charge in [-0.3, -0.25) is 14.8 Å². The SMILES string of the molecule is O=C(c1n[nH]c2c1CCN(CC(F)(F)F)C2)N1CCC(C2=CCC=C(F)C(F)=C2C(F)(F)F)CC1. The molecule has 1 aromatic rings. The molecular weight excluding hydrogens is 488 g/mol. The van der Waals surface area contributed by atoms with E-state index in [1.807, 2.05) is 0 Å². The molecule has 2 aliphatic heterocycles. The second-order valence-electron chi connectivity index (χ2n) is 8.81. The Labute approximate surface area is 195 Å². The standard InChI is InChI=1S/C22H22F8N4O/c23-15-3-1-2-13(17(18(15)24)22(28,29)30)12-4-8-34(9-5-12)20(35)19-14-6-7-33(11-21(25,26)27)10-16(14)31-32-19/h2-3,12H,1,4-11H2,(H,31,32). The average molecular weight is 510 g/mol. The quantitative estimate of drug-likeness (QED) is 0.573. The highest BCUT2D eigenvalue weighted by Gasteiger charge is 2.43. The molecule has 1 saturated heterocycles. The van der Waals surface area contributed by atoms with Gasteiger partial charge in [0.25, 0.3) is 5.91 Å². The monoisotopic (exact) mass is 510 g/mol. The molecule has 0 unspecified atom stereocenters. The van der Waals surface area contributed by atoms with Crippen molar-refractivity contribution in [1.29, 1.82) is 0 Å². The van der Waals surface area contributed by atoms with Gasteiger partial charge < -0.3 is 4.90 Å². The molecule has 1 aromatic heterocycles. The molecule has 3 heterocycles. The number of aromatic nitrogens is 2. The first-order chi connectivity index (χ1) is 16.3. The molecule has 1 fully saturated rings. The Bertz CT molecular complexity index is 1070. The highest BCUT2D eigenvalue weighted by atomic mass is 19.4. The summed E-state index contributed by atoms with van der Waals surface area (Å²) in [6, 6.07) is 0. The topological polar surface area (TPSA) is 52.2 Å². The Morgan fingerprint density at radius 2 is 1.74 bits per heavy atom. The van der Waals surface area contributed by atoms with Crippen molar-refractivity contribution in [2.75, 3.05) is 26.2 Å². The van der Waals surface area contributed by atoms with E-state index in [1.165, 1.54) is 15.9 Å². The van der Waals surface area contributed by atoms with E-state index >= 15 is 0 Å². The second kappa shape index (κ2) is 9.40. The molecule has 4 rings (SSSR count). The van der Waals surface area contributed by atoms with Gasteiger partial charge in [-0.15, -0.1) is 0 Å². The summed E-state index contributed by atoms with van der Waals surface area (Å²) < 4.78 is 107. The van der Waals surface area contributed by atoms with Crippen molar-refractivity contribution < 1.29 is 39.9 Å². The fourth-order valence-electron chi connectivity index (χ4n) is 4.87. The van der Waals surface area contributed by atoms with Gasteiger partial charge in [0, 0.05) is 31.7 Å². The molecule has 5 nitrogen and oxygen atoms in total. The minimum atomic E-state index is -5.08. The Morgan fingerprint density at radius 1 is 1.06 bits per heavy atom. The maximum absolute atomic E-state index is 14.2. The molecule has 0 bridgehead atoms. The third-order valence-electron chi connectivity index (χ3n) is 6.48. The van der Waals surface area contributed by atoms with Crippen molar-refractivity contribution in [2.24, 2.45) is 5.92 Å². The summed E-state index contributed by atoms with van der Waals surface area (Å²) in [4.78, 5) is 15.6. The van der Waals surface area contributed by atoms with Gasteiger partial charge >= 0.3 is 12.4 Å². The number of nitrogens with zero attached hydrogens (tertiary/aromatic N) is 3. The van der Waals surface area contributed by atoms with Gasteiger partial charge in [-0.25, -0.2) is 8.78 Å². The average Bonchev–Trinajstić information content (AvgIpc) is 3.11. The zero-order valence-corrected chi connectivity index (χ0v) is 18.4. The van der Waals surface area contributed by atoms with Crippen LogP contribution in [0.4, 0.5) is 35.1 Å². The third-order valence-corrected chi connectivity index (χ3v) is 6.48. The molecule has 0 radical (unpaired) electrons. The van der Waals surface area contributed by atoms with Crippen LogP contribution in [0, 0.1) is 5.92 Å². The predicted octanol–water partition coefficient (Wildman–Crippen LogP) is 5.15. The van der Waals surface area contributed by atoms with Crippen LogP contribution in [-0.2, 0) is 13.0 Å². The number of amides is 1. The van der Waals surface area contributed by atoms with Crippen LogP contribution in [-0.4, -0.2) is 64.4 Å². The van der Waals surface area contributed by atoms with E-state index in [9.17, 15) is 39.9 Å². The van der Waals surface area contributed by atoms with Crippen molar-refractivity contribution in [1.82, 2.24) is 20.0 Å². The Kier molecular flexibility index (Phi) is 6.82. The second-order valence-corrected chi connectivity index (χ2v) is 8.81. The van der Waals surface area contributed by atoms with Gasteiger partial charge in [-0.2, -0.15) is 31.4 Å². The van der Waals surface area contributed by atoms with E-state index in [0.29, 0.717) is 11.3 Å². The Morgan fingerprint density at radius 3 is 2.37 bits per heavy atom. The molecule has 35 heavy (non-hydrogen) atoms. The number of allylic oxidation sites excluding steroid dienone is 6. The molecule has 1 amide bonds. The van der Waals surface area contributed by atoms with Crippen LogP contribution in [0.15, 0.2) is 35.0 Å². The number of hydrogen-bond acceptors (Lipinski definition) is 3. The van der Waals surface area contributed by atoms with E-state index in [1.54, 1.807) is 0 Å². The fourth-order valence-corrected chi connectivity index (χ4v) is 4.87. The maximum atomic E-state index is 14.2. The number of aromatic amines is 1. The number of H-pyrrole nitrogens is 1. The van der Waals surface area contributed by atoms with Crippen molar-refractivity contribution in [2.45, 2.75) is 44.6 Å². The molecule has 192 valence electrons. The minimum absolute atomic E-state index is 0.0337. The van der Waals surface area contributed by atoms with Gasteiger partial charge in [-0.05, 0) is 43.3 Å². The van der Waals surface area contributed by atoms with Crippen LogP contribution >= 0.6 is 0 Å². The number of nitrogens with one attached hydrogen (secondary N) is 1. The molecule has 3 aliphatic rings. The molecule has 0 spiro atoms. The van der Waals surface area contributed by atoms with Gasteiger partial charge in [0.2, 0.25) is 0 Å². The highest BCUT2D eigenvalue weighted by Crippen LogP contribution is 2.44. The van der Waals surface area contributed by atoms with Crippen molar-refractivity contribution in [3.8, 4) is 0 Å². The number of piperidine rings is 1. The van der Waals surface area contributed by atoms with Gasteiger partial charge in [0.1, 0.15) is 0 Å². The Balaban J connectivity index is 1.44. The highest BCUT2D eigenvalue weighted by molar-refractivity contribution is 5.94. The summed E-state index contributed by atoms with van der Waals surface area (Å²) in [6.45, 7) is -0.859. The fraction of sp³-hybridized carbons (Fsp3) is 0.545.